The van der Waals surface area contributed by atoms with Gasteiger partial charge in [0.15, 0.2) is 0 Å². The van der Waals surface area contributed by atoms with Gasteiger partial charge in [0, 0.05) is 26.2 Å². The molecule has 0 aromatic carbocycles. The van der Waals surface area contributed by atoms with E-state index in [1.807, 2.05) is 9.80 Å². The summed E-state index contributed by atoms with van der Waals surface area (Å²) in [5, 5.41) is 0. The van der Waals surface area contributed by atoms with E-state index in [1.165, 1.54) is 0 Å². The van der Waals surface area contributed by atoms with Gasteiger partial charge in [-0.2, -0.15) is 0 Å². The zero-order valence-corrected chi connectivity index (χ0v) is 12.3. The van der Waals surface area contributed by atoms with E-state index < -0.39 is 5.41 Å². The molecule has 3 rings (SSSR count). The van der Waals surface area contributed by atoms with Crippen LogP contribution in [0.2, 0.25) is 0 Å². The molecule has 0 spiro atoms. The topological polar surface area (TPSA) is 49.9 Å². The van der Waals surface area contributed by atoms with Gasteiger partial charge in [0.2, 0.25) is 11.8 Å². The molecule has 2 aliphatic heterocycles. The molecule has 0 radical (unpaired) electrons. The normalized spacial score (nSPS) is 26.4. The van der Waals surface area contributed by atoms with Crippen LogP contribution < -0.4 is 0 Å². The molecule has 2 heterocycles. The van der Waals surface area contributed by atoms with Crippen molar-refractivity contribution in [1.29, 1.82) is 0 Å². The summed E-state index contributed by atoms with van der Waals surface area (Å²) in [6.07, 6.45) is 3.59. The lowest BCUT2D eigenvalue weighted by molar-refractivity contribution is -0.152. The Hall–Kier alpha value is -1.10. The number of ether oxygens (including phenoxy) is 1. The van der Waals surface area contributed by atoms with E-state index >= 15 is 0 Å². The van der Waals surface area contributed by atoms with Gasteiger partial charge in [-0.15, -0.1) is 0 Å². The Balaban J connectivity index is 1.65. The first-order valence-corrected chi connectivity index (χ1v) is 7.80. The number of amides is 2. The number of nitrogens with zero attached hydrogens (tertiary/aromatic N) is 2. The van der Waals surface area contributed by atoms with Crippen molar-refractivity contribution in [3.63, 3.8) is 0 Å². The summed E-state index contributed by atoms with van der Waals surface area (Å²) >= 11 is 0. The molecule has 0 aromatic heterocycles. The second kappa shape index (κ2) is 5.35. The second-order valence-electron chi connectivity index (χ2n) is 6.46. The maximum Gasteiger partial charge on any atom is 0.238 e. The predicted molar refractivity (Wildman–Crippen MR) is 74.0 cm³/mol. The van der Waals surface area contributed by atoms with E-state index in [1.54, 1.807) is 0 Å². The Morgan fingerprint density at radius 2 is 1.45 bits per heavy atom. The average molecular weight is 280 g/mol. The number of rotatable bonds is 2. The molecule has 1 aliphatic carbocycles. The molecule has 3 aliphatic rings. The molecule has 20 heavy (non-hydrogen) atoms. The smallest absolute Gasteiger partial charge is 0.238 e. The monoisotopic (exact) mass is 280 g/mol. The van der Waals surface area contributed by atoms with Gasteiger partial charge in [-0.25, -0.2) is 0 Å². The second-order valence-corrected chi connectivity index (χ2v) is 6.46. The van der Waals surface area contributed by atoms with Crippen molar-refractivity contribution in [2.45, 2.75) is 32.6 Å². The van der Waals surface area contributed by atoms with E-state index in [2.05, 4.69) is 6.92 Å². The molecule has 5 heteroatoms. The summed E-state index contributed by atoms with van der Waals surface area (Å²) in [6.45, 7) is 6.31. The van der Waals surface area contributed by atoms with Gasteiger partial charge in [0.05, 0.1) is 13.2 Å². The summed E-state index contributed by atoms with van der Waals surface area (Å²) in [4.78, 5) is 29.1. The summed E-state index contributed by atoms with van der Waals surface area (Å²) in [7, 11) is 0. The average Bonchev–Trinajstić information content (AvgIpc) is 3.29. The van der Waals surface area contributed by atoms with E-state index in [9.17, 15) is 9.59 Å². The number of hydrogen-bond donors (Lipinski definition) is 0. The van der Waals surface area contributed by atoms with Crippen LogP contribution in [0, 0.1) is 11.3 Å². The van der Waals surface area contributed by atoms with Crippen LogP contribution in [0.4, 0.5) is 0 Å². The van der Waals surface area contributed by atoms with Crippen LogP contribution in [-0.2, 0) is 14.3 Å². The number of piperidine rings is 1. The fraction of sp³-hybridized carbons (Fsp3) is 0.867. The van der Waals surface area contributed by atoms with Crippen molar-refractivity contribution >= 4 is 11.8 Å². The Morgan fingerprint density at radius 1 is 0.950 bits per heavy atom. The first-order valence-electron chi connectivity index (χ1n) is 7.80. The van der Waals surface area contributed by atoms with Gasteiger partial charge in [0.1, 0.15) is 5.41 Å². The van der Waals surface area contributed by atoms with Gasteiger partial charge in [-0.3, -0.25) is 9.59 Å². The minimum Gasteiger partial charge on any atom is -0.378 e. The van der Waals surface area contributed by atoms with Gasteiger partial charge in [-0.1, -0.05) is 6.92 Å². The van der Waals surface area contributed by atoms with Gasteiger partial charge >= 0.3 is 0 Å². The number of carbonyl (C=O) groups is 2. The first-order chi connectivity index (χ1) is 9.63. The number of carbonyl (C=O) groups excluding carboxylic acids is 2. The predicted octanol–water partition coefficient (Wildman–Crippen LogP) is 0.884. The van der Waals surface area contributed by atoms with E-state index in [-0.39, 0.29) is 11.8 Å². The lowest BCUT2D eigenvalue weighted by Crippen LogP contribution is -2.51. The lowest BCUT2D eigenvalue weighted by atomic mass is 9.96. The molecule has 2 saturated heterocycles. The maximum absolute atomic E-state index is 12.7. The summed E-state index contributed by atoms with van der Waals surface area (Å²) in [5.41, 5.74) is -0.710. The summed E-state index contributed by atoms with van der Waals surface area (Å²) < 4.78 is 5.28. The van der Waals surface area contributed by atoms with Gasteiger partial charge < -0.3 is 14.5 Å². The fourth-order valence-corrected chi connectivity index (χ4v) is 3.23. The van der Waals surface area contributed by atoms with Crippen LogP contribution in [0.15, 0.2) is 0 Å². The van der Waals surface area contributed by atoms with Crippen LogP contribution in [0.5, 0.6) is 0 Å². The summed E-state index contributed by atoms with van der Waals surface area (Å²) in [5.74, 6) is 0.828. The molecule has 1 saturated carbocycles. The highest BCUT2D eigenvalue weighted by Crippen LogP contribution is 2.49. The van der Waals surface area contributed by atoms with E-state index in [0.29, 0.717) is 32.2 Å². The highest BCUT2D eigenvalue weighted by Gasteiger charge is 2.59. The number of hydrogen-bond acceptors (Lipinski definition) is 3. The maximum atomic E-state index is 12.7. The quantitative estimate of drug-likeness (QED) is 0.706. The lowest BCUT2D eigenvalue weighted by Gasteiger charge is -2.35. The Bertz CT molecular complexity index is 392. The standard InChI is InChI=1S/C15H24N2O3/c1-12-2-6-16(7-3-12)13(18)15(4-5-15)14(19)17-8-10-20-11-9-17/h12H,2-11H2,1H3. The van der Waals surface area contributed by atoms with Crippen molar-refractivity contribution in [3.05, 3.63) is 0 Å². The number of likely N-dealkylation sites (tertiary alicyclic amines) is 1. The molecule has 2 amide bonds. The highest BCUT2D eigenvalue weighted by atomic mass is 16.5. The molecular weight excluding hydrogens is 256 g/mol. The van der Waals surface area contributed by atoms with Gasteiger partial charge in [0.25, 0.3) is 0 Å². The zero-order valence-electron chi connectivity index (χ0n) is 12.3. The van der Waals surface area contributed by atoms with Crippen LogP contribution in [0.3, 0.4) is 0 Å². The van der Waals surface area contributed by atoms with Crippen molar-refractivity contribution in [2.24, 2.45) is 11.3 Å². The zero-order chi connectivity index (χ0) is 14.2. The molecule has 5 nitrogen and oxygen atoms in total. The molecule has 0 atom stereocenters. The number of morpholine rings is 1. The van der Waals surface area contributed by atoms with Crippen molar-refractivity contribution in [1.82, 2.24) is 9.80 Å². The molecule has 0 aromatic rings. The minimum atomic E-state index is -0.710. The molecule has 0 bridgehead atoms. The molecule has 0 N–H and O–H groups in total. The molecular formula is C15H24N2O3. The fourth-order valence-electron chi connectivity index (χ4n) is 3.23. The van der Waals surface area contributed by atoms with E-state index in [4.69, 9.17) is 4.74 Å². The third-order valence-corrected chi connectivity index (χ3v) is 4.94. The Morgan fingerprint density at radius 3 is 1.95 bits per heavy atom. The first kappa shape index (κ1) is 13.9. The molecule has 112 valence electrons. The van der Waals surface area contributed by atoms with Crippen molar-refractivity contribution in [3.8, 4) is 0 Å². The Kier molecular flexibility index (Phi) is 3.71. The van der Waals surface area contributed by atoms with Crippen LogP contribution in [0.25, 0.3) is 0 Å². The Labute approximate surface area is 120 Å². The third kappa shape index (κ3) is 2.43. The SMILES string of the molecule is CC1CCN(C(=O)C2(C(=O)N3CCOCC3)CC2)CC1. The van der Waals surface area contributed by atoms with Crippen molar-refractivity contribution < 1.29 is 14.3 Å². The van der Waals surface area contributed by atoms with Gasteiger partial charge in [-0.05, 0) is 31.6 Å². The largest absolute Gasteiger partial charge is 0.378 e. The minimum absolute atomic E-state index is 0.0458. The van der Waals surface area contributed by atoms with Crippen LogP contribution >= 0.6 is 0 Å². The molecule has 0 unspecified atom stereocenters. The molecule has 3 fully saturated rings. The van der Waals surface area contributed by atoms with Crippen molar-refractivity contribution in [2.75, 3.05) is 39.4 Å². The third-order valence-electron chi connectivity index (χ3n) is 4.94. The summed E-state index contributed by atoms with van der Waals surface area (Å²) in [6, 6.07) is 0. The van der Waals surface area contributed by atoms with E-state index in [0.717, 1.165) is 38.8 Å². The van der Waals surface area contributed by atoms with Crippen LogP contribution in [-0.4, -0.2) is 61.0 Å². The highest BCUT2D eigenvalue weighted by molar-refractivity contribution is 6.07. The van der Waals surface area contributed by atoms with Crippen LogP contribution in [0.1, 0.15) is 32.6 Å².